The fourth-order valence-electron chi connectivity index (χ4n) is 3.20. The molecular formula is C18H18Br2N2O. The lowest BCUT2D eigenvalue weighted by atomic mass is 9.91. The van der Waals surface area contributed by atoms with E-state index >= 15 is 0 Å². The van der Waals surface area contributed by atoms with E-state index in [1.54, 1.807) is 6.92 Å². The zero-order valence-electron chi connectivity index (χ0n) is 13.0. The molecule has 0 saturated carbocycles. The molecule has 0 unspecified atom stereocenters. The number of benzene rings is 2. The summed E-state index contributed by atoms with van der Waals surface area (Å²) in [5, 5.41) is 3.60. The maximum absolute atomic E-state index is 12.0. The predicted octanol–water partition coefficient (Wildman–Crippen LogP) is 5.51. The van der Waals surface area contributed by atoms with Gasteiger partial charge in [-0.15, -0.1) is 0 Å². The summed E-state index contributed by atoms with van der Waals surface area (Å²) in [5.74, 6) is 0.0863. The molecule has 0 radical (unpaired) electrons. The van der Waals surface area contributed by atoms with Crippen LogP contribution in [-0.2, 0) is 4.79 Å². The predicted molar refractivity (Wildman–Crippen MR) is 102 cm³/mol. The van der Waals surface area contributed by atoms with Crippen molar-refractivity contribution >= 4 is 49.1 Å². The normalized spacial score (nSPS) is 20.1. The maximum Gasteiger partial charge on any atom is 0.224 e. The number of carbonyl (C=O) groups is 1. The van der Waals surface area contributed by atoms with Crippen molar-refractivity contribution in [1.29, 1.82) is 0 Å². The molecule has 1 amide bonds. The summed E-state index contributed by atoms with van der Waals surface area (Å²) in [6, 6.07) is 14.6. The smallest absolute Gasteiger partial charge is 0.224 e. The van der Waals surface area contributed by atoms with Gasteiger partial charge in [0.15, 0.2) is 0 Å². The van der Waals surface area contributed by atoms with Gasteiger partial charge in [0.1, 0.15) is 0 Å². The number of amides is 1. The first-order valence-corrected chi connectivity index (χ1v) is 9.15. The standard InChI is InChI=1S/C18H18Br2N2O/c1-11-9-17(21-15-6-3-13(19)4-7-15)16-10-14(20)5-8-18(16)22(11)12(2)23/h3-8,10-11,17,21H,9H2,1-2H3/t11-,17+/m0/s1. The van der Waals surface area contributed by atoms with Gasteiger partial charge in [0.25, 0.3) is 0 Å². The lowest BCUT2D eigenvalue weighted by Crippen LogP contribution is -2.43. The van der Waals surface area contributed by atoms with Crippen LogP contribution in [-0.4, -0.2) is 11.9 Å². The van der Waals surface area contributed by atoms with Gasteiger partial charge in [0.2, 0.25) is 5.91 Å². The number of nitrogens with zero attached hydrogens (tertiary/aromatic N) is 1. The molecule has 0 saturated heterocycles. The van der Waals surface area contributed by atoms with Gasteiger partial charge in [0.05, 0.1) is 6.04 Å². The van der Waals surface area contributed by atoms with Gasteiger partial charge in [-0.1, -0.05) is 31.9 Å². The van der Waals surface area contributed by atoms with E-state index in [-0.39, 0.29) is 18.0 Å². The average Bonchev–Trinajstić information content (AvgIpc) is 2.49. The highest BCUT2D eigenvalue weighted by Crippen LogP contribution is 2.40. The van der Waals surface area contributed by atoms with E-state index in [4.69, 9.17) is 0 Å². The highest BCUT2D eigenvalue weighted by molar-refractivity contribution is 9.10. The van der Waals surface area contributed by atoms with Crippen LogP contribution < -0.4 is 10.2 Å². The molecule has 120 valence electrons. The van der Waals surface area contributed by atoms with Crippen molar-refractivity contribution in [3.8, 4) is 0 Å². The summed E-state index contributed by atoms with van der Waals surface area (Å²) in [7, 11) is 0. The van der Waals surface area contributed by atoms with Gasteiger partial charge >= 0.3 is 0 Å². The van der Waals surface area contributed by atoms with Crippen LogP contribution in [0.25, 0.3) is 0 Å². The average molecular weight is 438 g/mol. The molecule has 2 aromatic rings. The lowest BCUT2D eigenvalue weighted by Gasteiger charge is -2.39. The number of nitrogens with one attached hydrogen (secondary N) is 1. The number of halogens is 2. The Labute approximate surface area is 153 Å². The van der Waals surface area contributed by atoms with Gasteiger partial charge < -0.3 is 10.2 Å². The van der Waals surface area contributed by atoms with Gasteiger partial charge in [-0.2, -0.15) is 0 Å². The van der Waals surface area contributed by atoms with Gasteiger partial charge in [0, 0.05) is 33.3 Å². The Morgan fingerprint density at radius 2 is 1.78 bits per heavy atom. The van der Waals surface area contributed by atoms with E-state index in [9.17, 15) is 4.79 Å². The van der Waals surface area contributed by atoms with Crippen LogP contribution in [0.2, 0.25) is 0 Å². The van der Waals surface area contributed by atoms with Crippen molar-refractivity contribution in [2.75, 3.05) is 10.2 Å². The second-order valence-electron chi connectivity index (χ2n) is 5.88. The molecule has 0 spiro atoms. The van der Waals surface area contributed by atoms with E-state index in [1.165, 1.54) is 0 Å². The second kappa shape index (κ2) is 6.65. The summed E-state index contributed by atoms with van der Waals surface area (Å²) >= 11 is 7.01. The van der Waals surface area contributed by atoms with Crippen LogP contribution in [0, 0.1) is 0 Å². The number of fused-ring (bicyclic) bond motifs is 1. The first kappa shape index (κ1) is 16.5. The number of rotatable bonds is 2. The minimum absolute atomic E-state index is 0.0863. The molecule has 3 rings (SSSR count). The quantitative estimate of drug-likeness (QED) is 0.671. The molecule has 23 heavy (non-hydrogen) atoms. The van der Waals surface area contributed by atoms with Crippen LogP contribution in [0.1, 0.15) is 31.9 Å². The zero-order chi connectivity index (χ0) is 16.6. The van der Waals surface area contributed by atoms with E-state index in [0.717, 1.165) is 32.3 Å². The number of hydrogen-bond donors (Lipinski definition) is 1. The summed E-state index contributed by atoms with van der Waals surface area (Å²) in [4.78, 5) is 13.9. The second-order valence-corrected chi connectivity index (χ2v) is 7.71. The fraction of sp³-hybridized carbons (Fsp3) is 0.278. The molecule has 0 aromatic heterocycles. The molecule has 1 heterocycles. The molecule has 0 bridgehead atoms. The molecule has 3 nitrogen and oxygen atoms in total. The fourth-order valence-corrected chi connectivity index (χ4v) is 3.84. The van der Waals surface area contributed by atoms with Crippen LogP contribution in [0.15, 0.2) is 51.4 Å². The molecule has 1 N–H and O–H groups in total. The van der Waals surface area contributed by atoms with Crippen molar-refractivity contribution in [3.63, 3.8) is 0 Å². The monoisotopic (exact) mass is 436 g/mol. The van der Waals surface area contributed by atoms with Crippen LogP contribution in [0.5, 0.6) is 0 Å². The van der Waals surface area contributed by atoms with Crippen molar-refractivity contribution in [2.24, 2.45) is 0 Å². The molecule has 1 aliphatic heterocycles. The first-order chi connectivity index (χ1) is 11.0. The van der Waals surface area contributed by atoms with Crippen molar-refractivity contribution < 1.29 is 4.79 Å². The summed E-state index contributed by atoms with van der Waals surface area (Å²) in [5.41, 5.74) is 3.22. The Balaban J connectivity index is 1.98. The summed E-state index contributed by atoms with van der Waals surface area (Å²) in [6.07, 6.45) is 0.874. The third-order valence-electron chi connectivity index (χ3n) is 4.17. The largest absolute Gasteiger partial charge is 0.378 e. The SMILES string of the molecule is CC(=O)N1c2ccc(Br)cc2[C@H](Nc2ccc(Br)cc2)C[C@@H]1C. The third-order valence-corrected chi connectivity index (χ3v) is 5.19. The molecule has 2 atom stereocenters. The first-order valence-electron chi connectivity index (χ1n) is 7.57. The van der Waals surface area contributed by atoms with Crippen LogP contribution >= 0.6 is 31.9 Å². The Hall–Kier alpha value is -1.33. The Morgan fingerprint density at radius 3 is 2.43 bits per heavy atom. The van der Waals surface area contributed by atoms with Gasteiger partial charge in [-0.25, -0.2) is 0 Å². The van der Waals surface area contributed by atoms with E-state index in [1.807, 2.05) is 29.2 Å². The van der Waals surface area contributed by atoms with Crippen molar-refractivity contribution in [3.05, 3.63) is 57.0 Å². The van der Waals surface area contributed by atoms with Crippen LogP contribution in [0.4, 0.5) is 11.4 Å². The highest BCUT2D eigenvalue weighted by atomic mass is 79.9. The molecule has 0 aliphatic carbocycles. The van der Waals surface area contributed by atoms with E-state index in [0.29, 0.717) is 0 Å². The molecule has 5 heteroatoms. The van der Waals surface area contributed by atoms with Crippen LogP contribution in [0.3, 0.4) is 0 Å². The summed E-state index contributed by atoms with van der Waals surface area (Å²) < 4.78 is 2.09. The van der Waals surface area contributed by atoms with Gasteiger partial charge in [-0.3, -0.25) is 4.79 Å². The minimum Gasteiger partial charge on any atom is -0.378 e. The topological polar surface area (TPSA) is 32.3 Å². The van der Waals surface area contributed by atoms with Gasteiger partial charge in [-0.05, 0) is 61.4 Å². The maximum atomic E-state index is 12.0. The molecular weight excluding hydrogens is 420 g/mol. The highest BCUT2D eigenvalue weighted by Gasteiger charge is 2.32. The molecule has 2 aromatic carbocycles. The minimum atomic E-state index is 0.0863. The molecule has 1 aliphatic rings. The number of carbonyl (C=O) groups excluding carboxylic acids is 1. The van der Waals surface area contributed by atoms with Crippen molar-refractivity contribution in [1.82, 2.24) is 0 Å². The lowest BCUT2D eigenvalue weighted by molar-refractivity contribution is -0.117. The molecule has 0 fully saturated rings. The zero-order valence-corrected chi connectivity index (χ0v) is 16.2. The third kappa shape index (κ3) is 3.45. The summed E-state index contributed by atoms with van der Waals surface area (Å²) in [6.45, 7) is 3.73. The van der Waals surface area contributed by atoms with E-state index in [2.05, 4.69) is 62.3 Å². The Morgan fingerprint density at radius 1 is 1.13 bits per heavy atom. The number of anilines is 2. The van der Waals surface area contributed by atoms with Crippen molar-refractivity contribution in [2.45, 2.75) is 32.4 Å². The Kier molecular flexibility index (Phi) is 4.78. The number of hydrogen-bond acceptors (Lipinski definition) is 2. The Bertz CT molecular complexity index is 730. The van der Waals surface area contributed by atoms with E-state index < -0.39 is 0 Å².